The number of carbonyl (C=O) groups excluding carboxylic acids is 2. The van der Waals surface area contributed by atoms with E-state index in [0.717, 1.165) is 23.1 Å². The fourth-order valence-electron chi connectivity index (χ4n) is 3.10. The molecule has 0 aliphatic heterocycles. The predicted octanol–water partition coefficient (Wildman–Crippen LogP) is 1.58. The molecule has 1 aromatic rings. The Morgan fingerprint density at radius 2 is 1.70 bits per heavy atom. The lowest BCUT2D eigenvalue weighted by atomic mass is 10.1. The largest absolute Gasteiger partial charge is 0.465 e. The first-order valence-electron chi connectivity index (χ1n) is 10.6. The molecule has 0 heterocycles. The summed E-state index contributed by atoms with van der Waals surface area (Å²) in [6.45, 7) is 7.12. The highest BCUT2D eigenvalue weighted by atomic mass is 19.2. The van der Waals surface area contributed by atoms with Gasteiger partial charge in [-0.3, -0.25) is 14.5 Å². The summed E-state index contributed by atoms with van der Waals surface area (Å²) in [4.78, 5) is 37.9. The van der Waals surface area contributed by atoms with Crippen molar-refractivity contribution in [3.63, 3.8) is 0 Å². The molecule has 0 saturated carbocycles. The quantitative estimate of drug-likeness (QED) is 0.318. The highest BCUT2D eigenvalue weighted by Crippen LogP contribution is 2.22. The van der Waals surface area contributed by atoms with Gasteiger partial charge in [0.25, 0.3) is 5.91 Å². The number of hydrogen-bond acceptors (Lipinski definition) is 6. The Bertz CT molecular complexity index is 807. The summed E-state index contributed by atoms with van der Waals surface area (Å²) < 4.78 is 38.3. The zero-order valence-electron chi connectivity index (χ0n) is 19.1. The summed E-state index contributed by atoms with van der Waals surface area (Å²) in [7, 11) is 0. The maximum absolute atomic E-state index is 13.9. The molecule has 10 nitrogen and oxygen atoms in total. The van der Waals surface area contributed by atoms with Crippen LogP contribution in [-0.2, 0) is 19.1 Å². The predicted molar refractivity (Wildman–Crippen MR) is 117 cm³/mol. The molecule has 3 amide bonds. The van der Waals surface area contributed by atoms with Gasteiger partial charge in [0.1, 0.15) is 12.1 Å². The molecule has 0 bridgehead atoms. The van der Waals surface area contributed by atoms with Gasteiger partial charge in [0.2, 0.25) is 5.91 Å². The van der Waals surface area contributed by atoms with Crippen molar-refractivity contribution >= 4 is 23.6 Å². The number of ether oxygens (including phenoxy) is 2. The van der Waals surface area contributed by atoms with E-state index in [0.29, 0.717) is 19.6 Å². The Labute approximate surface area is 191 Å². The molecular weight excluding hydrogens is 442 g/mol. The van der Waals surface area contributed by atoms with Crippen molar-refractivity contribution in [2.45, 2.75) is 58.5 Å². The number of anilines is 1. The fourth-order valence-corrected chi connectivity index (χ4v) is 3.10. The Morgan fingerprint density at radius 1 is 1.09 bits per heavy atom. The maximum Gasteiger partial charge on any atom is 0.405 e. The minimum absolute atomic E-state index is 0.138. The summed E-state index contributed by atoms with van der Waals surface area (Å²) in [6.07, 6.45) is -1.73. The minimum Gasteiger partial charge on any atom is -0.465 e. The smallest absolute Gasteiger partial charge is 0.405 e. The molecule has 1 aromatic carbocycles. The average molecular weight is 475 g/mol. The van der Waals surface area contributed by atoms with Gasteiger partial charge in [-0.25, -0.2) is 13.6 Å². The Balaban J connectivity index is 3.15. The van der Waals surface area contributed by atoms with Gasteiger partial charge in [-0.15, -0.1) is 0 Å². The summed E-state index contributed by atoms with van der Waals surface area (Å²) in [6, 6.07) is -0.398. The molecule has 0 spiro atoms. The highest BCUT2D eigenvalue weighted by Gasteiger charge is 2.33. The normalized spacial score (nSPS) is 13.8. The molecule has 5 N–H and O–H groups in total. The fraction of sp³-hybridized carbons (Fsp3) is 0.571. The maximum atomic E-state index is 13.9. The van der Waals surface area contributed by atoms with Crippen molar-refractivity contribution in [2.75, 3.05) is 24.7 Å². The second-order valence-electron chi connectivity index (χ2n) is 7.21. The van der Waals surface area contributed by atoms with Crippen LogP contribution in [0.25, 0.3) is 0 Å². The van der Waals surface area contributed by atoms with Crippen LogP contribution < -0.4 is 21.3 Å². The van der Waals surface area contributed by atoms with E-state index in [1.54, 1.807) is 6.92 Å². The van der Waals surface area contributed by atoms with Crippen molar-refractivity contribution < 1.29 is 37.7 Å². The summed E-state index contributed by atoms with van der Waals surface area (Å²) in [5.41, 5.74) is 5.39. The van der Waals surface area contributed by atoms with E-state index in [1.165, 1.54) is 6.92 Å². The second-order valence-corrected chi connectivity index (χ2v) is 7.21. The van der Waals surface area contributed by atoms with Gasteiger partial charge in [-0.05, 0) is 39.8 Å². The topological polar surface area (TPSA) is 143 Å². The van der Waals surface area contributed by atoms with E-state index >= 15 is 0 Å². The number of carbonyl (C=O) groups is 3. The number of benzene rings is 1. The summed E-state index contributed by atoms with van der Waals surface area (Å²) >= 11 is 0. The first-order chi connectivity index (χ1) is 15.5. The van der Waals surface area contributed by atoms with Gasteiger partial charge in [-0.2, -0.15) is 0 Å². The first kappa shape index (κ1) is 28.2. The Morgan fingerprint density at radius 3 is 2.18 bits per heavy atom. The highest BCUT2D eigenvalue weighted by molar-refractivity contribution is 6.04. The molecule has 186 valence electrons. The van der Waals surface area contributed by atoms with Crippen molar-refractivity contribution in [3.05, 3.63) is 29.8 Å². The third kappa shape index (κ3) is 8.56. The summed E-state index contributed by atoms with van der Waals surface area (Å²) in [5, 5.41) is 13.7. The molecule has 0 fully saturated rings. The van der Waals surface area contributed by atoms with Crippen LogP contribution in [0.15, 0.2) is 18.2 Å². The second kappa shape index (κ2) is 13.7. The molecule has 0 saturated heterocycles. The van der Waals surface area contributed by atoms with Crippen LogP contribution in [0.5, 0.6) is 0 Å². The third-order valence-corrected chi connectivity index (χ3v) is 4.66. The van der Waals surface area contributed by atoms with E-state index in [1.807, 2.05) is 19.2 Å². The Kier molecular flexibility index (Phi) is 11.7. The van der Waals surface area contributed by atoms with Gasteiger partial charge < -0.3 is 30.9 Å². The lowest BCUT2D eigenvalue weighted by Gasteiger charge is -2.32. The lowest BCUT2D eigenvalue weighted by Crippen LogP contribution is -2.58. The van der Waals surface area contributed by atoms with Gasteiger partial charge in [0, 0.05) is 44.0 Å². The molecule has 33 heavy (non-hydrogen) atoms. The number of halogens is 2. The van der Waals surface area contributed by atoms with Crippen LogP contribution in [0.1, 0.15) is 34.1 Å². The number of carboxylic acid groups (broad SMARTS) is 1. The van der Waals surface area contributed by atoms with E-state index in [2.05, 4.69) is 5.32 Å². The van der Waals surface area contributed by atoms with E-state index in [4.69, 9.17) is 20.3 Å². The number of nitrogens with two attached hydrogens (primary N) is 1. The first-order valence-corrected chi connectivity index (χ1v) is 10.6. The van der Waals surface area contributed by atoms with E-state index in [9.17, 15) is 23.2 Å². The monoisotopic (exact) mass is 474 g/mol. The van der Waals surface area contributed by atoms with Crippen molar-refractivity contribution in [3.8, 4) is 0 Å². The van der Waals surface area contributed by atoms with Crippen LogP contribution in [0, 0.1) is 11.6 Å². The van der Waals surface area contributed by atoms with E-state index < -0.39 is 60.5 Å². The summed E-state index contributed by atoms with van der Waals surface area (Å²) in [5.74, 6) is -3.90. The molecule has 0 aliphatic carbocycles. The third-order valence-electron chi connectivity index (χ3n) is 4.66. The number of amides is 3. The van der Waals surface area contributed by atoms with Crippen LogP contribution in [0.3, 0.4) is 0 Å². The standard InChI is InChI=1S/C21H32F2N4O6/c1-5-32-18(33-6-2)9-12(3)25-19(28)13(4)27(14-7-8-15(22)16(23)10-14)20(29)17(11-24)26-21(30)31/h7-8,10,12-13,17-18,26H,5-6,9,11,24H2,1-4H3,(H,25,28)(H,30,31). The van der Waals surface area contributed by atoms with Gasteiger partial charge in [0.15, 0.2) is 17.9 Å². The number of hydrogen-bond donors (Lipinski definition) is 4. The van der Waals surface area contributed by atoms with Crippen molar-refractivity contribution in [1.29, 1.82) is 0 Å². The molecular formula is C21H32F2N4O6. The number of nitrogens with zero attached hydrogens (tertiary/aromatic N) is 1. The molecule has 1 rings (SSSR count). The molecule has 3 atom stereocenters. The van der Waals surface area contributed by atoms with Crippen LogP contribution in [0.2, 0.25) is 0 Å². The average Bonchev–Trinajstić information content (AvgIpc) is 2.74. The Hall–Kier alpha value is -2.83. The van der Waals surface area contributed by atoms with E-state index in [-0.39, 0.29) is 5.69 Å². The molecule has 3 unspecified atom stereocenters. The van der Waals surface area contributed by atoms with Gasteiger partial charge in [0.05, 0.1) is 0 Å². The zero-order valence-corrected chi connectivity index (χ0v) is 19.1. The van der Waals surface area contributed by atoms with Crippen molar-refractivity contribution in [1.82, 2.24) is 10.6 Å². The number of rotatable bonds is 13. The molecule has 0 aromatic heterocycles. The van der Waals surface area contributed by atoms with Crippen molar-refractivity contribution in [2.24, 2.45) is 5.73 Å². The van der Waals surface area contributed by atoms with Crippen LogP contribution in [0.4, 0.5) is 19.3 Å². The molecule has 0 aliphatic rings. The van der Waals surface area contributed by atoms with Gasteiger partial charge in [-0.1, -0.05) is 0 Å². The minimum atomic E-state index is -1.51. The number of nitrogens with one attached hydrogen (secondary N) is 2. The SMILES string of the molecule is CCOC(CC(C)NC(=O)C(C)N(C(=O)C(CN)NC(=O)O)c1ccc(F)c(F)c1)OCC. The molecule has 12 heteroatoms. The van der Waals surface area contributed by atoms with Crippen LogP contribution in [-0.4, -0.2) is 67.2 Å². The zero-order chi connectivity index (χ0) is 25.1. The lowest BCUT2D eigenvalue weighted by molar-refractivity contribution is -0.144. The van der Waals surface area contributed by atoms with Gasteiger partial charge >= 0.3 is 6.09 Å². The van der Waals surface area contributed by atoms with Crippen LogP contribution >= 0.6 is 0 Å². The molecule has 0 radical (unpaired) electrons.